The van der Waals surface area contributed by atoms with Crippen LogP contribution in [0, 0.1) is 0 Å². The minimum atomic E-state index is -1.18. The topological polar surface area (TPSA) is 99.6 Å². The second-order valence-electron chi connectivity index (χ2n) is 6.45. The van der Waals surface area contributed by atoms with Crippen LogP contribution in [-0.4, -0.2) is 45.9 Å². The summed E-state index contributed by atoms with van der Waals surface area (Å²) >= 11 is 0. The number of aromatic carboxylic acids is 1. The first-order chi connectivity index (χ1) is 13.0. The van der Waals surface area contributed by atoms with Gasteiger partial charge in [0.2, 0.25) is 5.91 Å². The number of carboxylic acid groups (broad SMARTS) is 1. The number of hydrogen-bond donors (Lipinski definition) is 2. The molecule has 2 N–H and O–H groups in total. The molecule has 7 nitrogen and oxygen atoms in total. The first-order valence-electron chi connectivity index (χ1n) is 8.91. The fourth-order valence-electron chi connectivity index (χ4n) is 3.01. The van der Waals surface area contributed by atoms with Gasteiger partial charge in [0.15, 0.2) is 0 Å². The van der Waals surface area contributed by atoms with Crippen molar-refractivity contribution >= 4 is 23.5 Å². The van der Waals surface area contributed by atoms with Gasteiger partial charge in [0.1, 0.15) is 11.4 Å². The van der Waals surface area contributed by atoms with E-state index in [1.165, 1.54) is 18.2 Å². The Morgan fingerprint density at radius 1 is 1.00 bits per heavy atom. The third-order valence-corrected chi connectivity index (χ3v) is 4.50. The highest BCUT2D eigenvalue weighted by Crippen LogP contribution is 2.14. The standard InChI is InChI=1S/C20H21N3O4/c24-18(23-12-1-2-13-23)11-8-14-6-9-15(10-7-14)21-19(25)16-4-3-5-17(22-16)20(26)27/h3-7,9-10H,1-2,8,11-13H2,(H,21,25)(H,26,27). The monoisotopic (exact) mass is 367 g/mol. The normalized spacial score (nSPS) is 13.4. The number of likely N-dealkylation sites (tertiary alicyclic amines) is 1. The van der Waals surface area contributed by atoms with E-state index in [0.717, 1.165) is 31.5 Å². The van der Waals surface area contributed by atoms with E-state index in [4.69, 9.17) is 5.11 Å². The average molecular weight is 367 g/mol. The maximum absolute atomic E-state index is 12.2. The molecule has 7 heteroatoms. The van der Waals surface area contributed by atoms with Gasteiger partial charge in [-0.15, -0.1) is 0 Å². The summed E-state index contributed by atoms with van der Waals surface area (Å²) in [6.45, 7) is 1.72. The Labute approximate surface area is 157 Å². The molecule has 140 valence electrons. The molecule has 0 atom stereocenters. The highest BCUT2D eigenvalue weighted by molar-refractivity contribution is 6.03. The van der Waals surface area contributed by atoms with E-state index in [1.54, 1.807) is 12.1 Å². The molecule has 0 spiro atoms. The van der Waals surface area contributed by atoms with Crippen LogP contribution < -0.4 is 5.32 Å². The number of pyridine rings is 1. The van der Waals surface area contributed by atoms with Crippen LogP contribution in [0.1, 0.15) is 45.8 Å². The minimum absolute atomic E-state index is 0.0372. The number of benzene rings is 1. The third-order valence-electron chi connectivity index (χ3n) is 4.50. The van der Waals surface area contributed by atoms with Gasteiger partial charge < -0.3 is 15.3 Å². The zero-order valence-corrected chi connectivity index (χ0v) is 14.9. The average Bonchev–Trinajstić information content (AvgIpc) is 3.22. The highest BCUT2D eigenvalue weighted by Gasteiger charge is 2.17. The molecule has 27 heavy (non-hydrogen) atoms. The number of hydrogen-bond acceptors (Lipinski definition) is 4. The van der Waals surface area contributed by atoms with Crippen LogP contribution in [0.2, 0.25) is 0 Å². The summed E-state index contributed by atoms with van der Waals surface area (Å²) in [4.78, 5) is 41.0. The molecule has 0 radical (unpaired) electrons. The fraction of sp³-hybridized carbons (Fsp3) is 0.300. The van der Waals surface area contributed by atoms with E-state index in [2.05, 4.69) is 10.3 Å². The van der Waals surface area contributed by atoms with E-state index in [1.807, 2.05) is 17.0 Å². The summed E-state index contributed by atoms with van der Waals surface area (Å²) in [6.07, 6.45) is 3.32. The second-order valence-corrected chi connectivity index (χ2v) is 6.45. The molecule has 2 amide bonds. The molecular formula is C20H21N3O4. The summed E-state index contributed by atoms with van der Waals surface area (Å²) in [5, 5.41) is 11.6. The molecule has 1 fully saturated rings. The van der Waals surface area contributed by atoms with E-state index < -0.39 is 11.9 Å². The number of anilines is 1. The van der Waals surface area contributed by atoms with E-state index in [9.17, 15) is 14.4 Å². The highest BCUT2D eigenvalue weighted by atomic mass is 16.4. The van der Waals surface area contributed by atoms with Gasteiger partial charge in [0.05, 0.1) is 0 Å². The van der Waals surface area contributed by atoms with Gasteiger partial charge in [0.25, 0.3) is 5.91 Å². The molecule has 1 aromatic heterocycles. The van der Waals surface area contributed by atoms with Gasteiger partial charge in [-0.1, -0.05) is 18.2 Å². The van der Waals surface area contributed by atoms with Gasteiger partial charge in [-0.2, -0.15) is 0 Å². The molecule has 1 aliphatic heterocycles. The molecule has 2 heterocycles. The van der Waals surface area contributed by atoms with Crippen LogP contribution in [0.5, 0.6) is 0 Å². The van der Waals surface area contributed by atoms with Gasteiger partial charge in [-0.25, -0.2) is 9.78 Å². The number of carbonyl (C=O) groups excluding carboxylic acids is 2. The zero-order chi connectivity index (χ0) is 19.2. The van der Waals surface area contributed by atoms with Crippen molar-refractivity contribution in [3.63, 3.8) is 0 Å². The van der Waals surface area contributed by atoms with Crippen LogP contribution in [0.4, 0.5) is 5.69 Å². The number of nitrogens with zero attached hydrogens (tertiary/aromatic N) is 2. The van der Waals surface area contributed by atoms with Crippen LogP contribution in [-0.2, 0) is 11.2 Å². The van der Waals surface area contributed by atoms with Crippen molar-refractivity contribution in [1.29, 1.82) is 0 Å². The van der Waals surface area contributed by atoms with Crippen LogP contribution >= 0.6 is 0 Å². The molecular weight excluding hydrogens is 346 g/mol. The lowest BCUT2D eigenvalue weighted by Crippen LogP contribution is -2.27. The van der Waals surface area contributed by atoms with Crippen molar-refractivity contribution in [3.8, 4) is 0 Å². The van der Waals surface area contributed by atoms with Crippen molar-refractivity contribution in [2.45, 2.75) is 25.7 Å². The molecule has 1 aromatic carbocycles. The quantitative estimate of drug-likeness (QED) is 0.817. The fourth-order valence-corrected chi connectivity index (χ4v) is 3.01. The van der Waals surface area contributed by atoms with Gasteiger partial charge in [-0.3, -0.25) is 9.59 Å². The Kier molecular flexibility index (Phi) is 5.80. The summed E-state index contributed by atoms with van der Waals surface area (Å²) in [6, 6.07) is 11.5. The van der Waals surface area contributed by atoms with Gasteiger partial charge in [0, 0.05) is 25.2 Å². The number of carbonyl (C=O) groups is 3. The number of aryl methyl sites for hydroxylation is 1. The van der Waals surface area contributed by atoms with Gasteiger partial charge in [-0.05, 0) is 49.1 Å². The van der Waals surface area contributed by atoms with Crippen LogP contribution in [0.3, 0.4) is 0 Å². The zero-order valence-electron chi connectivity index (χ0n) is 14.9. The lowest BCUT2D eigenvalue weighted by Gasteiger charge is -2.15. The van der Waals surface area contributed by atoms with E-state index >= 15 is 0 Å². The Hall–Kier alpha value is -3.22. The van der Waals surface area contributed by atoms with E-state index in [0.29, 0.717) is 18.5 Å². The summed E-state index contributed by atoms with van der Waals surface area (Å²) in [5.41, 5.74) is 1.46. The third kappa shape index (κ3) is 4.91. The molecule has 3 rings (SSSR count). The lowest BCUT2D eigenvalue weighted by atomic mass is 10.1. The summed E-state index contributed by atoms with van der Waals surface area (Å²) < 4.78 is 0. The van der Waals surface area contributed by atoms with Crippen molar-refractivity contribution in [2.75, 3.05) is 18.4 Å². The molecule has 0 saturated carbocycles. The van der Waals surface area contributed by atoms with Crippen molar-refractivity contribution < 1.29 is 19.5 Å². The van der Waals surface area contributed by atoms with Crippen LogP contribution in [0.15, 0.2) is 42.5 Å². The predicted octanol–water partition coefficient (Wildman–Crippen LogP) is 2.59. The number of carboxylic acids is 1. The Balaban J connectivity index is 1.55. The first kappa shape index (κ1) is 18.6. The SMILES string of the molecule is O=C(O)c1cccc(C(=O)Nc2ccc(CCC(=O)N3CCCC3)cc2)n1. The smallest absolute Gasteiger partial charge is 0.354 e. The van der Waals surface area contributed by atoms with Crippen molar-refractivity contribution in [2.24, 2.45) is 0 Å². The summed E-state index contributed by atoms with van der Waals surface area (Å²) in [5.74, 6) is -1.47. The molecule has 1 saturated heterocycles. The molecule has 0 aliphatic carbocycles. The number of nitrogens with one attached hydrogen (secondary N) is 1. The number of amides is 2. The molecule has 0 unspecified atom stereocenters. The molecule has 2 aromatic rings. The maximum atomic E-state index is 12.2. The second kappa shape index (κ2) is 8.44. The first-order valence-corrected chi connectivity index (χ1v) is 8.91. The Morgan fingerprint density at radius 2 is 1.67 bits per heavy atom. The minimum Gasteiger partial charge on any atom is -0.477 e. The number of rotatable bonds is 6. The molecule has 0 bridgehead atoms. The Bertz CT molecular complexity index is 843. The van der Waals surface area contributed by atoms with Gasteiger partial charge >= 0.3 is 5.97 Å². The largest absolute Gasteiger partial charge is 0.477 e. The maximum Gasteiger partial charge on any atom is 0.354 e. The Morgan fingerprint density at radius 3 is 2.33 bits per heavy atom. The number of aromatic nitrogens is 1. The van der Waals surface area contributed by atoms with Crippen molar-refractivity contribution in [3.05, 3.63) is 59.4 Å². The predicted molar refractivity (Wildman–Crippen MR) is 99.7 cm³/mol. The van der Waals surface area contributed by atoms with Crippen molar-refractivity contribution in [1.82, 2.24) is 9.88 Å². The molecule has 1 aliphatic rings. The van der Waals surface area contributed by atoms with E-state index in [-0.39, 0.29) is 17.3 Å². The lowest BCUT2D eigenvalue weighted by molar-refractivity contribution is -0.130. The van der Waals surface area contributed by atoms with Crippen LogP contribution in [0.25, 0.3) is 0 Å². The summed E-state index contributed by atoms with van der Waals surface area (Å²) in [7, 11) is 0.